The monoisotopic (exact) mass is 623 g/mol. The number of anilines is 1. The van der Waals surface area contributed by atoms with Crippen LogP contribution in [0.25, 0.3) is 0 Å². The Morgan fingerprint density at radius 2 is 1.36 bits per heavy atom. The van der Waals surface area contributed by atoms with E-state index in [4.69, 9.17) is 4.74 Å². The molecule has 0 fully saturated rings. The molecule has 1 unspecified atom stereocenters. The van der Waals surface area contributed by atoms with Crippen molar-refractivity contribution in [3.05, 3.63) is 125 Å². The lowest BCUT2D eigenvalue weighted by atomic mass is 10.0. The maximum Gasteiger partial charge on any atom is 0.458 e. The minimum atomic E-state index is -5.83. The third-order valence-corrected chi connectivity index (χ3v) is 6.98. The summed E-state index contributed by atoms with van der Waals surface area (Å²) in [6, 6.07) is 21.8. The molecule has 1 atom stereocenters. The van der Waals surface area contributed by atoms with E-state index < -0.39 is 47.6 Å². The Balaban J connectivity index is 1.71. The lowest BCUT2D eigenvalue weighted by Crippen LogP contribution is -2.34. The van der Waals surface area contributed by atoms with E-state index in [0.717, 1.165) is 23.8 Å². The molecule has 44 heavy (non-hydrogen) atoms. The van der Waals surface area contributed by atoms with Gasteiger partial charge in [-0.05, 0) is 59.0 Å². The van der Waals surface area contributed by atoms with Gasteiger partial charge in [-0.1, -0.05) is 68.4 Å². The molecule has 0 aliphatic carbocycles. The maximum atomic E-state index is 14.1. The van der Waals surface area contributed by atoms with Crippen molar-refractivity contribution >= 4 is 5.69 Å². The molecule has 0 saturated heterocycles. The zero-order chi connectivity index (χ0) is 32.3. The van der Waals surface area contributed by atoms with Gasteiger partial charge in [-0.25, -0.2) is 0 Å². The van der Waals surface area contributed by atoms with Gasteiger partial charge < -0.3 is 14.7 Å². The first-order chi connectivity index (χ1) is 20.6. The molecule has 4 aromatic rings. The molecule has 1 N–H and O–H groups in total. The largest absolute Gasteiger partial charge is 0.458 e. The van der Waals surface area contributed by atoms with Crippen molar-refractivity contribution < 1.29 is 45.0 Å². The second-order valence-corrected chi connectivity index (χ2v) is 10.6. The van der Waals surface area contributed by atoms with Gasteiger partial charge in [0, 0.05) is 30.4 Å². The SMILES string of the molecule is CC(C)c1cccc(Oc2cccc(N(Cc3cccc(C(F)(F)C(F)(F)F)c3)CC(O)c3ccccc3C(F)(F)F)c2)c1. The van der Waals surface area contributed by atoms with Gasteiger partial charge in [0.25, 0.3) is 0 Å². The van der Waals surface area contributed by atoms with Crippen LogP contribution in [-0.2, 0) is 18.6 Å². The normalized spacial score (nSPS) is 13.2. The molecule has 4 aromatic carbocycles. The van der Waals surface area contributed by atoms with Crippen LogP contribution in [0.3, 0.4) is 0 Å². The van der Waals surface area contributed by atoms with Gasteiger partial charge in [-0.2, -0.15) is 35.1 Å². The van der Waals surface area contributed by atoms with E-state index in [1.54, 1.807) is 30.3 Å². The van der Waals surface area contributed by atoms with E-state index in [1.165, 1.54) is 23.1 Å². The number of hydrogen-bond acceptors (Lipinski definition) is 3. The van der Waals surface area contributed by atoms with Crippen molar-refractivity contribution in [1.29, 1.82) is 0 Å². The highest BCUT2D eigenvalue weighted by molar-refractivity contribution is 5.53. The molecule has 0 radical (unpaired) electrons. The first-order valence-electron chi connectivity index (χ1n) is 13.6. The average molecular weight is 624 g/mol. The number of hydrogen-bond donors (Lipinski definition) is 1. The summed E-state index contributed by atoms with van der Waals surface area (Å²) in [4.78, 5) is 1.39. The highest BCUT2D eigenvalue weighted by atomic mass is 19.4. The van der Waals surface area contributed by atoms with Crippen LogP contribution < -0.4 is 9.64 Å². The predicted molar refractivity (Wildman–Crippen MR) is 151 cm³/mol. The van der Waals surface area contributed by atoms with Crippen LogP contribution in [0.2, 0.25) is 0 Å². The molecule has 0 spiro atoms. The molecule has 3 nitrogen and oxygen atoms in total. The molecule has 0 heterocycles. The number of alkyl halides is 8. The summed E-state index contributed by atoms with van der Waals surface area (Å²) in [6.07, 6.45) is -12.3. The zero-order valence-corrected chi connectivity index (χ0v) is 23.6. The summed E-state index contributed by atoms with van der Waals surface area (Å²) in [7, 11) is 0. The number of halogens is 8. The molecule has 0 aliphatic heterocycles. The summed E-state index contributed by atoms with van der Waals surface area (Å²) < 4.78 is 115. The summed E-state index contributed by atoms with van der Waals surface area (Å²) >= 11 is 0. The van der Waals surface area contributed by atoms with Crippen molar-refractivity contribution in [3.63, 3.8) is 0 Å². The molecule has 0 saturated carbocycles. The fourth-order valence-electron chi connectivity index (χ4n) is 4.68. The molecular formula is C33H29F8NO2. The van der Waals surface area contributed by atoms with E-state index >= 15 is 0 Å². The molecule has 11 heteroatoms. The zero-order valence-electron chi connectivity index (χ0n) is 23.6. The van der Waals surface area contributed by atoms with Gasteiger partial charge in [0.05, 0.1) is 11.7 Å². The van der Waals surface area contributed by atoms with Gasteiger partial charge in [0.1, 0.15) is 11.5 Å². The number of rotatable bonds is 10. The topological polar surface area (TPSA) is 32.7 Å². The number of aliphatic hydroxyl groups is 1. The smallest absolute Gasteiger partial charge is 0.457 e. The summed E-state index contributed by atoms with van der Waals surface area (Å²) in [5, 5.41) is 11.0. The van der Waals surface area contributed by atoms with Crippen LogP contribution >= 0.6 is 0 Å². The van der Waals surface area contributed by atoms with E-state index in [0.29, 0.717) is 29.3 Å². The molecule has 0 amide bonds. The molecule has 0 bridgehead atoms. The van der Waals surface area contributed by atoms with E-state index in [-0.39, 0.29) is 18.0 Å². The minimum absolute atomic E-state index is 0.0127. The van der Waals surface area contributed by atoms with E-state index in [1.807, 2.05) is 32.0 Å². The van der Waals surface area contributed by atoms with Gasteiger partial charge in [-0.3, -0.25) is 0 Å². The predicted octanol–water partition coefficient (Wildman–Crippen LogP) is 10.0. The molecular weight excluding hydrogens is 594 g/mol. The van der Waals surface area contributed by atoms with Crippen molar-refractivity contribution in [2.45, 2.75) is 50.7 Å². The molecule has 4 rings (SSSR count). The van der Waals surface area contributed by atoms with E-state index in [9.17, 15) is 40.2 Å². The third-order valence-electron chi connectivity index (χ3n) is 6.98. The standard InChI is InChI=1S/C33H29F8NO2/c1-21(2)23-9-6-12-26(17-23)44-27-13-7-11-25(18-27)42(20-30(43)28-14-3-4-15-29(28)32(36,37)38)19-22-8-5-10-24(16-22)31(34,35)33(39,40)41/h3-18,21,30,43H,19-20H2,1-2H3. The van der Waals surface area contributed by atoms with Crippen molar-refractivity contribution in [2.75, 3.05) is 11.4 Å². The lowest BCUT2D eigenvalue weighted by molar-refractivity contribution is -0.289. The Kier molecular flexibility index (Phi) is 9.58. The average Bonchev–Trinajstić information content (AvgIpc) is 2.96. The van der Waals surface area contributed by atoms with Crippen molar-refractivity contribution in [1.82, 2.24) is 0 Å². The van der Waals surface area contributed by atoms with Crippen LogP contribution in [0.1, 0.15) is 53.7 Å². The number of benzene rings is 4. The molecule has 0 aromatic heterocycles. The fraction of sp³-hybridized carbons (Fsp3) is 0.273. The Morgan fingerprint density at radius 3 is 2.02 bits per heavy atom. The first-order valence-corrected chi connectivity index (χ1v) is 13.6. The maximum absolute atomic E-state index is 14.1. The second kappa shape index (κ2) is 12.9. The van der Waals surface area contributed by atoms with E-state index in [2.05, 4.69) is 0 Å². The van der Waals surface area contributed by atoms with Crippen LogP contribution in [0.4, 0.5) is 40.8 Å². The summed E-state index contributed by atoms with van der Waals surface area (Å²) in [5.41, 5.74) is -1.41. The minimum Gasteiger partial charge on any atom is -0.457 e. The molecule has 234 valence electrons. The Morgan fingerprint density at radius 1 is 0.727 bits per heavy atom. The van der Waals surface area contributed by atoms with Gasteiger partial charge in [0.2, 0.25) is 0 Å². The summed E-state index contributed by atoms with van der Waals surface area (Å²) in [5.74, 6) is -4.06. The van der Waals surface area contributed by atoms with Crippen LogP contribution in [0.5, 0.6) is 11.5 Å². The van der Waals surface area contributed by atoms with Crippen molar-refractivity contribution in [3.8, 4) is 11.5 Å². The molecule has 0 aliphatic rings. The second-order valence-electron chi connectivity index (χ2n) is 10.6. The number of aliphatic hydroxyl groups excluding tert-OH is 1. The van der Waals surface area contributed by atoms with Crippen LogP contribution in [-0.4, -0.2) is 17.8 Å². The number of ether oxygens (including phenoxy) is 1. The summed E-state index contributed by atoms with van der Waals surface area (Å²) in [6.45, 7) is 3.25. The highest BCUT2D eigenvalue weighted by Crippen LogP contribution is 2.44. The Hall–Kier alpha value is -4.12. The van der Waals surface area contributed by atoms with Crippen molar-refractivity contribution in [2.24, 2.45) is 0 Å². The highest BCUT2D eigenvalue weighted by Gasteiger charge is 2.58. The van der Waals surface area contributed by atoms with Crippen LogP contribution in [0.15, 0.2) is 97.1 Å². The van der Waals surface area contributed by atoms with Crippen LogP contribution in [0, 0.1) is 0 Å². The fourth-order valence-corrected chi connectivity index (χ4v) is 4.68. The van der Waals surface area contributed by atoms with Gasteiger partial charge >= 0.3 is 18.3 Å². The van der Waals surface area contributed by atoms with Gasteiger partial charge in [0.15, 0.2) is 0 Å². The van der Waals surface area contributed by atoms with Gasteiger partial charge in [-0.15, -0.1) is 0 Å². The Bertz CT molecular complexity index is 1570. The first kappa shape index (κ1) is 32.8. The quantitative estimate of drug-likeness (QED) is 0.179. The number of nitrogens with zero attached hydrogens (tertiary/aromatic N) is 1. The lowest BCUT2D eigenvalue weighted by Gasteiger charge is -2.29. The third kappa shape index (κ3) is 7.68. The Labute approximate surface area is 249 Å².